The first-order valence-corrected chi connectivity index (χ1v) is 10.5. The van der Waals surface area contributed by atoms with Crippen LogP contribution in [0, 0.1) is 11.7 Å². The summed E-state index contributed by atoms with van der Waals surface area (Å²) < 4.78 is 21.8. The van der Waals surface area contributed by atoms with Crippen molar-refractivity contribution in [1.29, 1.82) is 0 Å². The fraction of sp³-hybridized carbons (Fsp3) is 0.217. The fourth-order valence-electron chi connectivity index (χ4n) is 3.50. The van der Waals surface area contributed by atoms with Crippen LogP contribution < -0.4 is 21.5 Å². The van der Waals surface area contributed by atoms with Gasteiger partial charge in [0.15, 0.2) is 5.65 Å². The summed E-state index contributed by atoms with van der Waals surface area (Å²) in [6.07, 6.45) is 5.53. The molecule has 0 atom stereocenters. The van der Waals surface area contributed by atoms with Crippen molar-refractivity contribution in [3.8, 4) is 16.9 Å². The van der Waals surface area contributed by atoms with Gasteiger partial charge < -0.3 is 21.5 Å². The summed E-state index contributed by atoms with van der Waals surface area (Å²) in [7, 11) is 0. The molecule has 168 valence electrons. The number of benzene rings is 1. The van der Waals surface area contributed by atoms with Gasteiger partial charge in [0, 0.05) is 30.1 Å². The van der Waals surface area contributed by atoms with Gasteiger partial charge in [0.05, 0.1) is 12.2 Å². The molecule has 5 rings (SSSR count). The monoisotopic (exact) mass is 447 g/mol. The zero-order valence-corrected chi connectivity index (χ0v) is 17.7. The van der Waals surface area contributed by atoms with Gasteiger partial charge in [-0.3, -0.25) is 4.79 Å². The first-order valence-electron chi connectivity index (χ1n) is 10.5. The van der Waals surface area contributed by atoms with Crippen molar-refractivity contribution in [3.63, 3.8) is 0 Å². The molecular weight excluding hydrogens is 425 g/mol. The van der Waals surface area contributed by atoms with Gasteiger partial charge in [-0.25, -0.2) is 13.9 Å². The number of nitrogen functional groups attached to an aromatic ring is 2. The Kier molecular flexibility index (Phi) is 5.25. The number of pyridine rings is 2. The molecule has 10 heteroatoms. The van der Waals surface area contributed by atoms with Crippen LogP contribution in [-0.2, 0) is 6.54 Å². The highest BCUT2D eigenvalue weighted by Gasteiger charge is 2.23. The number of nitrogens with one attached hydrogen (secondary N) is 1. The summed E-state index contributed by atoms with van der Waals surface area (Å²) >= 11 is 0. The number of carbonyl (C=O) groups is 1. The number of nitrogens with zero attached hydrogens (tertiary/aromatic N) is 4. The maximum Gasteiger partial charge on any atom is 0.255 e. The van der Waals surface area contributed by atoms with Crippen molar-refractivity contribution in [1.82, 2.24) is 24.9 Å². The number of carbonyl (C=O) groups excluding carboxylic acids is 1. The average molecular weight is 447 g/mol. The van der Waals surface area contributed by atoms with Gasteiger partial charge in [0.25, 0.3) is 5.91 Å². The normalized spacial score (nSPS) is 13.2. The minimum absolute atomic E-state index is 0.0415. The molecular formula is C23H22FN7O2. The third kappa shape index (κ3) is 4.40. The molecule has 1 fully saturated rings. The van der Waals surface area contributed by atoms with E-state index >= 15 is 0 Å². The smallest absolute Gasteiger partial charge is 0.255 e. The van der Waals surface area contributed by atoms with Crippen LogP contribution in [-0.4, -0.2) is 32.1 Å². The molecule has 1 amide bonds. The topological polar surface area (TPSA) is 133 Å². The number of halogens is 1. The van der Waals surface area contributed by atoms with E-state index in [2.05, 4.69) is 20.4 Å². The Hall–Kier alpha value is -4.21. The SMILES string of the molecule is Nc1nc2cc(-c3cnc(N)c(C(=O)NCc4c(F)cccc4OCC4CC4)c3)ccn2n1. The second-order valence-corrected chi connectivity index (χ2v) is 8.00. The molecule has 4 aromatic rings. The van der Waals surface area contributed by atoms with Crippen LogP contribution in [0.1, 0.15) is 28.8 Å². The van der Waals surface area contributed by atoms with Gasteiger partial charge in [0.2, 0.25) is 5.95 Å². The van der Waals surface area contributed by atoms with Gasteiger partial charge in [-0.2, -0.15) is 4.98 Å². The number of nitrogens with two attached hydrogens (primary N) is 2. The largest absolute Gasteiger partial charge is 0.493 e. The van der Waals surface area contributed by atoms with Crippen LogP contribution in [0.3, 0.4) is 0 Å². The Morgan fingerprint density at radius 3 is 2.88 bits per heavy atom. The molecule has 0 aliphatic heterocycles. The number of aromatic nitrogens is 4. The van der Waals surface area contributed by atoms with E-state index in [4.69, 9.17) is 16.2 Å². The summed E-state index contributed by atoms with van der Waals surface area (Å²) in [5, 5.41) is 6.77. The van der Waals surface area contributed by atoms with Crippen molar-refractivity contribution in [2.45, 2.75) is 19.4 Å². The quantitative estimate of drug-likeness (QED) is 0.397. The molecule has 1 saturated carbocycles. The maximum absolute atomic E-state index is 14.4. The predicted molar refractivity (Wildman–Crippen MR) is 121 cm³/mol. The molecule has 0 spiro atoms. The molecule has 9 nitrogen and oxygen atoms in total. The highest BCUT2D eigenvalue weighted by Crippen LogP contribution is 2.31. The van der Waals surface area contributed by atoms with Crippen LogP contribution in [0.2, 0.25) is 0 Å². The first-order chi connectivity index (χ1) is 16.0. The highest BCUT2D eigenvalue weighted by molar-refractivity contribution is 5.99. The summed E-state index contributed by atoms with van der Waals surface area (Å²) in [6.45, 7) is 0.505. The van der Waals surface area contributed by atoms with Crippen molar-refractivity contribution in [2.75, 3.05) is 18.1 Å². The standard InChI is InChI=1S/C23H22FN7O2/c24-18-2-1-3-19(33-12-13-4-5-13)17(18)11-28-22(32)16-8-15(10-27-21(16)25)14-6-7-31-20(9-14)29-23(26)30-31/h1-3,6-10,13H,4-5,11-12H2,(H2,25,27)(H2,26,30)(H,28,32). The minimum atomic E-state index is -0.467. The lowest BCUT2D eigenvalue weighted by atomic mass is 10.1. The van der Waals surface area contributed by atoms with Crippen molar-refractivity contribution in [3.05, 3.63) is 65.7 Å². The van der Waals surface area contributed by atoms with Gasteiger partial charge in [-0.15, -0.1) is 5.10 Å². The second-order valence-electron chi connectivity index (χ2n) is 8.00. The van der Waals surface area contributed by atoms with Crippen LogP contribution >= 0.6 is 0 Å². The second kappa shape index (κ2) is 8.38. The summed E-state index contributed by atoms with van der Waals surface area (Å²) in [4.78, 5) is 21.2. The molecule has 1 aromatic carbocycles. The fourth-order valence-corrected chi connectivity index (χ4v) is 3.50. The third-order valence-corrected chi connectivity index (χ3v) is 5.52. The summed E-state index contributed by atoms with van der Waals surface area (Å²) in [6, 6.07) is 9.86. The molecule has 1 aliphatic rings. The molecule has 0 radical (unpaired) electrons. The summed E-state index contributed by atoms with van der Waals surface area (Å²) in [5.41, 5.74) is 14.1. The summed E-state index contributed by atoms with van der Waals surface area (Å²) in [5.74, 6) is 0.287. The third-order valence-electron chi connectivity index (χ3n) is 5.52. The van der Waals surface area contributed by atoms with Crippen LogP contribution in [0.25, 0.3) is 16.8 Å². The Bertz CT molecular complexity index is 1350. The van der Waals surface area contributed by atoms with E-state index in [1.54, 1.807) is 47.2 Å². The minimum Gasteiger partial charge on any atom is -0.493 e. The van der Waals surface area contributed by atoms with E-state index < -0.39 is 11.7 Å². The van der Waals surface area contributed by atoms with Crippen molar-refractivity contribution >= 4 is 23.3 Å². The van der Waals surface area contributed by atoms with E-state index in [-0.39, 0.29) is 23.9 Å². The lowest BCUT2D eigenvalue weighted by molar-refractivity contribution is 0.0951. The van der Waals surface area contributed by atoms with E-state index in [1.807, 2.05) is 0 Å². The van der Waals surface area contributed by atoms with Gasteiger partial charge >= 0.3 is 0 Å². The molecule has 0 saturated heterocycles. The number of rotatable bonds is 7. The molecule has 1 aliphatic carbocycles. The van der Waals surface area contributed by atoms with Crippen LogP contribution in [0.5, 0.6) is 5.75 Å². The van der Waals surface area contributed by atoms with Gasteiger partial charge in [-0.1, -0.05) is 6.07 Å². The average Bonchev–Trinajstić information content (AvgIpc) is 3.55. The van der Waals surface area contributed by atoms with Gasteiger partial charge in [-0.05, 0) is 54.7 Å². The van der Waals surface area contributed by atoms with E-state index in [0.717, 1.165) is 18.4 Å². The van der Waals surface area contributed by atoms with E-state index in [1.165, 1.54) is 6.07 Å². The lowest BCUT2D eigenvalue weighted by Gasteiger charge is -2.14. The Morgan fingerprint density at radius 2 is 2.06 bits per heavy atom. The Labute approximate surface area is 188 Å². The van der Waals surface area contributed by atoms with Gasteiger partial charge in [0.1, 0.15) is 17.4 Å². The maximum atomic E-state index is 14.4. The molecule has 3 heterocycles. The zero-order valence-electron chi connectivity index (χ0n) is 17.7. The number of amides is 1. The number of fused-ring (bicyclic) bond motifs is 1. The number of hydrogen-bond acceptors (Lipinski definition) is 7. The molecule has 0 unspecified atom stereocenters. The zero-order chi connectivity index (χ0) is 22.9. The lowest BCUT2D eigenvalue weighted by Crippen LogP contribution is -2.25. The number of anilines is 2. The van der Waals surface area contributed by atoms with E-state index in [9.17, 15) is 9.18 Å². The Balaban J connectivity index is 1.35. The molecule has 5 N–H and O–H groups in total. The highest BCUT2D eigenvalue weighted by atomic mass is 19.1. The molecule has 3 aromatic heterocycles. The van der Waals surface area contributed by atoms with Crippen LogP contribution in [0.15, 0.2) is 48.8 Å². The van der Waals surface area contributed by atoms with Crippen molar-refractivity contribution in [2.24, 2.45) is 5.92 Å². The van der Waals surface area contributed by atoms with Crippen molar-refractivity contribution < 1.29 is 13.9 Å². The molecule has 33 heavy (non-hydrogen) atoms. The molecule has 0 bridgehead atoms. The van der Waals surface area contributed by atoms with E-state index in [0.29, 0.717) is 35.0 Å². The number of hydrogen-bond donors (Lipinski definition) is 3. The van der Waals surface area contributed by atoms with Crippen LogP contribution in [0.4, 0.5) is 16.2 Å². The first kappa shape index (κ1) is 20.7. The predicted octanol–water partition coefficient (Wildman–Crippen LogP) is 2.81. The Morgan fingerprint density at radius 1 is 1.21 bits per heavy atom. The number of ether oxygens (including phenoxy) is 1.